The zero-order chi connectivity index (χ0) is 16.8. The van der Waals surface area contributed by atoms with Crippen LogP contribution in [0.15, 0.2) is 61.2 Å². The first-order valence-electron chi connectivity index (χ1n) is 8.08. The SMILES string of the molecule is C=CCOCCNC(=O)OCC1c2ccccc2-c2ccccc21. The molecule has 124 valence electrons. The van der Waals surface area contributed by atoms with Crippen LogP contribution in [0.5, 0.6) is 0 Å². The van der Waals surface area contributed by atoms with Crippen LogP contribution < -0.4 is 5.32 Å². The molecule has 0 saturated heterocycles. The van der Waals surface area contributed by atoms with E-state index in [1.54, 1.807) is 6.08 Å². The van der Waals surface area contributed by atoms with Crippen molar-refractivity contribution in [1.82, 2.24) is 5.32 Å². The van der Waals surface area contributed by atoms with Crippen molar-refractivity contribution in [3.8, 4) is 11.1 Å². The maximum absolute atomic E-state index is 11.8. The van der Waals surface area contributed by atoms with Crippen molar-refractivity contribution < 1.29 is 14.3 Å². The van der Waals surface area contributed by atoms with E-state index in [1.807, 2.05) is 24.3 Å². The van der Waals surface area contributed by atoms with E-state index in [9.17, 15) is 4.79 Å². The number of benzene rings is 2. The van der Waals surface area contributed by atoms with Gasteiger partial charge in [-0.05, 0) is 22.3 Å². The van der Waals surface area contributed by atoms with Crippen molar-refractivity contribution in [2.75, 3.05) is 26.4 Å². The molecule has 0 spiro atoms. The van der Waals surface area contributed by atoms with E-state index in [4.69, 9.17) is 9.47 Å². The Morgan fingerprint density at radius 2 is 1.71 bits per heavy atom. The largest absolute Gasteiger partial charge is 0.449 e. The molecule has 0 radical (unpaired) electrons. The summed E-state index contributed by atoms with van der Waals surface area (Å²) in [5.74, 6) is 0.0835. The molecule has 3 rings (SSSR count). The minimum absolute atomic E-state index is 0.0835. The van der Waals surface area contributed by atoms with Crippen molar-refractivity contribution in [3.63, 3.8) is 0 Å². The van der Waals surface area contributed by atoms with E-state index in [0.717, 1.165) is 0 Å². The maximum Gasteiger partial charge on any atom is 0.407 e. The quantitative estimate of drug-likeness (QED) is 0.624. The lowest BCUT2D eigenvalue weighted by atomic mass is 9.98. The molecule has 0 bridgehead atoms. The van der Waals surface area contributed by atoms with Crippen molar-refractivity contribution in [2.24, 2.45) is 0 Å². The maximum atomic E-state index is 11.8. The summed E-state index contributed by atoms with van der Waals surface area (Å²) >= 11 is 0. The lowest BCUT2D eigenvalue weighted by Crippen LogP contribution is -2.29. The molecular weight excluding hydrogens is 302 g/mol. The van der Waals surface area contributed by atoms with Crippen LogP contribution in [0, 0.1) is 0 Å². The molecule has 0 aliphatic heterocycles. The van der Waals surface area contributed by atoms with Gasteiger partial charge in [-0.1, -0.05) is 54.6 Å². The number of rotatable bonds is 7. The minimum Gasteiger partial charge on any atom is -0.449 e. The third-order valence-electron chi connectivity index (χ3n) is 4.10. The van der Waals surface area contributed by atoms with Crippen LogP contribution in [0.2, 0.25) is 0 Å². The van der Waals surface area contributed by atoms with Crippen molar-refractivity contribution >= 4 is 6.09 Å². The molecule has 1 aliphatic carbocycles. The van der Waals surface area contributed by atoms with E-state index in [0.29, 0.717) is 26.4 Å². The van der Waals surface area contributed by atoms with Gasteiger partial charge in [0.1, 0.15) is 6.61 Å². The monoisotopic (exact) mass is 323 g/mol. The van der Waals surface area contributed by atoms with E-state index < -0.39 is 6.09 Å². The Labute approximate surface area is 142 Å². The predicted octanol–water partition coefficient (Wildman–Crippen LogP) is 3.73. The van der Waals surface area contributed by atoms with Crippen LogP contribution in [0.3, 0.4) is 0 Å². The first-order valence-corrected chi connectivity index (χ1v) is 8.08. The van der Waals surface area contributed by atoms with Gasteiger partial charge in [0, 0.05) is 12.5 Å². The molecule has 4 nitrogen and oxygen atoms in total. The Hall–Kier alpha value is -2.59. The number of amides is 1. The minimum atomic E-state index is -0.418. The smallest absolute Gasteiger partial charge is 0.407 e. The van der Waals surface area contributed by atoms with Gasteiger partial charge < -0.3 is 14.8 Å². The fourth-order valence-corrected chi connectivity index (χ4v) is 3.04. The number of alkyl carbamates (subject to hydrolysis) is 1. The van der Waals surface area contributed by atoms with Crippen molar-refractivity contribution in [3.05, 3.63) is 72.3 Å². The second-order valence-electron chi connectivity index (χ2n) is 5.62. The molecule has 24 heavy (non-hydrogen) atoms. The topological polar surface area (TPSA) is 47.6 Å². The summed E-state index contributed by atoms with van der Waals surface area (Å²) in [7, 11) is 0. The number of ether oxygens (including phenoxy) is 2. The molecule has 0 unspecified atom stereocenters. The van der Waals surface area contributed by atoms with Gasteiger partial charge in [-0.25, -0.2) is 4.79 Å². The van der Waals surface area contributed by atoms with Gasteiger partial charge in [-0.3, -0.25) is 0 Å². The first-order chi connectivity index (χ1) is 11.8. The Kier molecular flexibility index (Phi) is 5.29. The van der Waals surface area contributed by atoms with Gasteiger partial charge in [-0.15, -0.1) is 6.58 Å². The zero-order valence-corrected chi connectivity index (χ0v) is 13.5. The molecule has 1 N–H and O–H groups in total. The fourth-order valence-electron chi connectivity index (χ4n) is 3.04. The number of hydrogen-bond acceptors (Lipinski definition) is 3. The first kappa shape index (κ1) is 16.3. The van der Waals surface area contributed by atoms with Gasteiger partial charge in [0.25, 0.3) is 0 Å². The van der Waals surface area contributed by atoms with E-state index in [-0.39, 0.29) is 5.92 Å². The predicted molar refractivity (Wildman–Crippen MR) is 94.1 cm³/mol. The fraction of sp³-hybridized carbons (Fsp3) is 0.250. The Morgan fingerprint density at radius 3 is 2.33 bits per heavy atom. The lowest BCUT2D eigenvalue weighted by Gasteiger charge is -2.14. The molecule has 1 amide bonds. The summed E-state index contributed by atoms with van der Waals surface area (Å²) < 4.78 is 10.6. The van der Waals surface area contributed by atoms with Gasteiger partial charge in [-0.2, -0.15) is 0 Å². The highest BCUT2D eigenvalue weighted by atomic mass is 16.5. The molecule has 2 aromatic carbocycles. The Bertz CT molecular complexity index is 681. The van der Waals surface area contributed by atoms with Crippen LogP contribution in [0.25, 0.3) is 11.1 Å². The average Bonchev–Trinajstić information content (AvgIpc) is 2.94. The van der Waals surface area contributed by atoms with Crippen LogP contribution in [0.4, 0.5) is 4.79 Å². The van der Waals surface area contributed by atoms with Crippen LogP contribution in [0.1, 0.15) is 17.0 Å². The number of nitrogens with one attached hydrogen (secondary N) is 1. The summed E-state index contributed by atoms with van der Waals surface area (Å²) in [5.41, 5.74) is 4.86. The van der Waals surface area contributed by atoms with Crippen LogP contribution >= 0.6 is 0 Å². The summed E-state index contributed by atoms with van der Waals surface area (Å²) in [6.45, 7) is 5.23. The summed E-state index contributed by atoms with van der Waals surface area (Å²) in [6, 6.07) is 16.6. The van der Waals surface area contributed by atoms with E-state index in [2.05, 4.69) is 36.2 Å². The highest BCUT2D eigenvalue weighted by Crippen LogP contribution is 2.44. The molecule has 2 aromatic rings. The van der Waals surface area contributed by atoms with E-state index in [1.165, 1.54) is 22.3 Å². The number of hydrogen-bond donors (Lipinski definition) is 1. The van der Waals surface area contributed by atoms with Gasteiger partial charge in [0.15, 0.2) is 0 Å². The normalized spacial score (nSPS) is 12.3. The number of carbonyl (C=O) groups excluding carboxylic acids is 1. The van der Waals surface area contributed by atoms with Crippen LogP contribution in [-0.2, 0) is 9.47 Å². The van der Waals surface area contributed by atoms with Crippen molar-refractivity contribution in [1.29, 1.82) is 0 Å². The Balaban J connectivity index is 1.59. The standard InChI is InChI=1S/C20H21NO3/c1-2-12-23-13-11-21-20(22)24-14-19-17-9-5-3-7-15(17)16-8-4-6-10-18(16)19/h2-10,19H,1,11-14H2,(H,21,22). The van der Waals surface area contributed by atoms with E-state index >= 15 is 0 Å². The zero-order valence-electron chi connectivity index (χ0n) is 13.5. The number of fused-ring (bicyclic) bond motifs is 3. The van der Waals surface area contributed by atoms with Gasteiger partial charge >= 0.3 is 6.09 Å². The molecule has 0 atom stereocenters. The molecular formula is C20H21NO3. The second-order valence-corrected chi connectivity index (χ2v) is 5.62. The molecule has 0 heterocycles. The van der Waals surface area contributed by atoms with Crippen LogP contribution in [-0.4, -0.2) is 32.5 Å². The number of carbonyl (C=O) groups is 1. The second kappa shape index (κ2) is 7.79. The summed E-state index contributed by atoms with van der Waals surface area (Å²) in [4.78, 5) is 11.8. The molecule has 0 saturated carbocycles. The molecule has 0 aromatic heterocycles. The highest BCUT2D eigenvalue weighted by Gasteiger charge is 2.28. The summed E-state index contributed by atoms with van der Waals surface area (Å²) in [5, 5.41) is 2.69. The third-order valence-corrected chi connectivity index (χ3v) is 4.10. The van der Waals surface area contributed by atoms with Crippen molar-refractivity contribution in [2.45, 2.75) is 5.92 Å². The van der Waals surface area contributed by atoms with Gasteiger partial charge in [0.2, 0.25) is 0 Å². The molecule has 1 aliphatic rings. The molecule has 0 fully saturated rings. The average molecular weight is 323 g/mol. The Morgan fingerprint density at radius 1 is 1.08 bits per heavy atom. The lowest BCUT2D eigenvalue weighted by molar-refractivity contribution is 0.131. The summed E-state index contributed by atoms with van der Waals surface area (Å²) in [6.07, 6.45) is 1.26. The molecule has 4 heteroatoms. The third kappa shape index (κ3) is 3.49. The highest BCUT2D eigenvalue weighted by molar-refractivity contribution is 5.79. The van der Waals surface area contributed by atoms with Gasteiger partial charge in [0.05, 0.1) is 13.2 Å².